The first-order valence-electron chi connectivity index (χ1n) is 22.3. The molecule has 2 fully saturated rings. The predicted octanol–water partition coefficient (Wildman–Crippen LogP) is 10.1. The fourth-order valence-electron chi connectivity index (χ4n) is 10.2. The van der Waals surface area contributed by atoms with Gasteiger partial charge in [0.05, 0.1) is 0 Å². The van der Waals surface area contributed by atoms with Crippen LogP contribution in [0.1, 0.15) is 110 Å². The molecule has 63 heavy (non-hydrogen) atoms. The summed E-state index contributed by atoms with van der Waals surface area (Å²) in [5.41, 5.74) is 10.7. The van der Waals surface area contributed by atoms with Crippen molar-refractivity contribution < 1.29 is 27.2 Å². The maximum atomic E-state index is 14.6. The van der Waals surface area contributed by atoms with Gasteiger partial charge in [-0.1, -0.05) is 72.1 Å². The molecule has 0 radical (unpaired) electrons. The van der Waals surface area contributed by atoms with Crippen molar-refractivity contribution in [1.82, 2.24) is 15.3 Å². The molecular formula is C49H52F4N6O2S2. The highest BCUT2D eigenvalue weighted by atomic mass is 32.2. The van der Waals surface area contributed by atoms with Gasteiger partial charge in [0.15, 0.2) is 0 Å². The number of benzene rings is 4. The first-order valence-corrected chi connectivity index (χ1v) is 23.9. The molecule has 6 aliphatic rings. The van der Waals surface area contributed by atoms with Crippen LogP contribution in [0.25, 0.3) is 0 Å². The molecule has 0 bridgehead atoms. The maximum Gasteiger partial charge on any atom is 0.247 e. The van der Waals surface area contributed by atoms with Crippen molar-refractivity contribution >= 4 is 45.4 Å². The van der Waals surface area contributed by atoms with E-state index in [1.165, 1.54) is 40.7 Å². The van der Waals surface area contributed by atoms with Crippen molar-refractivity contribution in [2.24, 2.45) is 27.8 Å². The fourth-order valence-corrected chi connectivity index (χ4v) is 13.1. The summed E-state index contributed by atoms with van der Waals surface area (Å²) < 4.78 is 57.1. The largest absolute Gasteiger partial charge is 0.328 e. The van der Waals surface area contributed by atoms with Gasteiger partial charge in [0.25, 0.3) is 0 Å². The number of amides is 2. The van der Waals surface area contributed by atoms with Gasteiger partial charge < -0.3 is 11.1 Å². The van der Waals surface area contributed by atoms with Crippen molar-refractivity contribution in [3.63, 3.8) is 0 Å². The number of nitrogens with two attached hydrogens (primary N) is 1. The molecule has 330 valence electrons. The summed E-state index contributed by atoms with van der Waals surface area (Å²) in [5, 5.41) is 16.6. The third-order valence-corrected chi connectivity index (χ3v) is 16.3. The van der Waals surface area contributed by atoms with Crippen molar-refractivity contribution in [3.8, 4) is 0 Å². The predicted molar refractivity (Wildman–Crippen MR) is 242 cm³/mol. The summed E-state index contributed by atoms with van der Waals surface area (Å²) in [6, 6.07) is 23.1. The minimum absolute atomic E-state index is 0.0390. The molecule has 3 aliphatic heterocycles. The van der Waals surface area contributed by atoms with Gasteiger partial charge in [-0.2, -0.15) is 10.2 Å². The lowest BCUT2D eigenvalue weighted by Gasteiger charge is -2.41. The molecule has 2 amide bonds. The summed E-state index contributed by atoms with van der Waals surface area (Å²) in [7, 11) is 0. The van der Waals surface area contributed by atoms with Crippen LogP contribution in [0.3, 0.4) is 0 Å². The summed E-state index contributed by atoms with van der Waals surface area (Å²) in [6.07, 6.45) is 11.7. The lowest BCUT2D eigenvalue weighted by Crippen LogP contribution is -2.47. The Balaban J connectivity index is 0.000000160. The van der Waals surface area contributed by atoms with Crippen LogP contribution in [0, 0.1) is 35.1 Å². The van der Waals surface area contributed by atoms with Gasteiger partial charge in [-0.05, 0) is 161 Å². The second-order valence-corrected chi connectivity index (χ2v) is 20.1. The molecule has 2 spiro atoms. The van der Waals surface area contributed by atoms with E-state index in [1.54, 1.807) is 10.0 Å². The highest BCUT2D eigenvalue weighted by Gasteiger charge is 2.53. The van der Waals surface area contributed by atoms with Crippen LogP contribution in [0.2, 0.25) is 0 Å². The molecule has 3 heterocycles. The zero-order valence-electron chi connectivity index (χ0n) is 35.1. The Morgan fingerprint density at radius 1 is 0.698 bits per heavy atom. The quantitative estimate of drug-likeness (QED) is 0.187. The van der Waals surface area contributed by atoms with Gasteiger partial charge in [-0.15, -0.1) is 0 Å². The van der Waals surface area contributed by atoms with E-state index < -0.39 is 33.0 Å². The SMILES string of the molecule is NC1CCC(C(=O)N2N=C(c3cc(F)ccc3F)SC23CCCc2ccccc23)CC1.O=C(CCC1CCCNC1)N1N=C(c2cc(F)ccc2F)SC12CCCc1ccccc12. The van der Waals surface area contributed by atoms with E-state index in [1.807, 2.05) is 36.4 Å². The van der Waals surface area contributed by atoms with E-state index in [0.717, 1.165) is 138 Å². The van der Waals surface area contributed by atoms with E-state index in [0.29, 0.717) is 22.4 Å². The van der Waals surface area contributed by atoms with Crippen LogP contribution >= 0.6 is 23.5 Å². The average molecular weight is 897 g/mol. The second kappa shape index (κ2) is 18.5. The van der Waals surface area contributed by atoms with E-state index in [4.69, 9.17) is 5.73 Å². The number of hydrazone groups is 2. The zero-order valence-corrected chi connectivity index (χ0v) is 36.8. The standard InChI is InChI=1S/C25H27F2N3OS.C24H25F2N3OS/c26-19-10-11-22(27)20(15-19)24-29-30(23(31)12-9-17-5-4-14-28-16-17)25(32-24)13-3-7-18-6-1-2-8-21(18)25;25-17-9-12-21(26)19(14-17)22-28-29(23(30)16-7-10-18(27)11-8-16)24(31-22)13-3-5-15-4-1-2-6-20(15)24/h1-2,6,8,10-11,15,17,28H,3-5,7,9,12-14,16H2;1-2,4,6,9,12,14,16,18H,3,5,7-8,10-11,13,27H2. The van der Waals surface area contributed by atoms with Gasteiger partial charge in [0.2, 0.25) is 11.8 Å². The van der Waals surface area contributed by atoms with Crippen LogP contribution in [0.4, 0.5) is 17.6 Å². The maximum absolute atomic E-state index is 14.6. The molecule has 3 N–H and O–H groups in total. The molecule has 0 aromatic heterocycles. The molecule has 4 aromatic rings. The van der Waals surface area contributed by atoms with Crippen molar-refractivity contribution in [1.29, 1.82) is 0 Å². The summed E-state index contributed by atoms with van der Waals surface area (Å²) in [4.78, 5) is 25.8. The van der Waals surface area contributed by atoms with E-state index in [-0.39, 0.29) is 34.9 Å². The summed E-state index contributed by atoms with van der Waals surface area (Å²) in [6.45, 7) is 1.99. The Labute approximate surface area is 374 Å². The summed E-state index contributed by atoms with van der Waals surface area (Å²) >= 11 is 2.76. The first kappa shape index (κ1) is 43.7. The minimum atomic E-state index is -0.723. The third kappa shape index (κ3) is 8.72. The first-order chi connectivity index (χ1) is 30.5. The molecule has 3 unspecified atom stereocenters. The Hall–Kier alpha value is -4.50. The molecule has 8 nitrogen and oxygen atoms in total. The van der Waals surface area contributed by atoms with E-state index >= 15 is 0 Å². The number of nitrogens with one attached hydrogen (secondary N) is 1. The lowest BCUT2D eigenvalue weighted by atomic mass is 9.83. The fraction of sp³-hybridized carbons (Fsp3) is 0.429. The number of carbonyl (C=O) groups is 2. The van der Waals surface area contributed by atoms with Crippen LogP contribution in [0.15, 0.2) is 95.1 Å². The topological polar surface area (TPSA) is 103 Å². The third-order valence-electron chi connectivity index (χ3n) is 13.4. The second-order valence-electron chi connectivity index (χ2n) is 17.6. The van der Waals surface area contributed by atoms with Crippen LogP contribution in [-0.2, 0) is 32.2 Å². The Morgan fingerprint density at radius 2 is 1.24 bits per heavy atom. The molecule has 1 saturated heterocycles. The highest BCUT2D eigenvalue weighted by molar-refractivity contribution is 8.15. The van der Waals surface area contributed by atoms with Crippen LogP contribution in [0.5, 0.6) is 0 Å². The van der Waals surface area contributed by atoms with Gasteiger partial charge >= 0.3 is 0 Å². The van der Waals surface area contributed by atoms with Crippen molar-refractivity contribution in [2.75, 3.05) is 13.1 Å². The van der Waals surface area contributed by atoms with Crippen LogP contribution in [-0.4, -0.2) is 51.1 Å². The number of piperidine rings is 1. The van der Waals surface area contributed by atoms with Gasteiger partial charge in [-0.25, -0.2) is 27.6 Å². The number of hydrogen-bond acceptors (Lipinski definition) is 8. The molecule has 10 rings (SSSR count). The Kier molecular flexibility index (Phi) is 12.9. The van der Waals surface area contributed by atoms with Crippen LogP contribution < -0.4 is 11.1 Å². The Morgan fingerprint density at radius 3 is 1.79 bits per heavy atom. The smallest absolute Gasteiger partial charge is 0.247 e. The van der Waals surface area contributed by atoms with E-state index in [9.17, 15) is 27.2 Å². The number of hydrogen-bond donors (Lipinski definition) is 2. The monoisotopic (exact) mass is 896 g/mol. The highest BCUT2D eigenvalue weighted by Crippen LogP contribution is 2.56. The van der Waals surface area contributed by atoms with Gasteiger partial charge in [-0.3, -0.25) is 9.59 Å². The zero-order chi connectivity index (χ0) is 43.7. The number of aryl methyl sites for hydroxylation is 2. The van der Waals surface area contributed by atoms with Crippen molar-refractivity contribution in [2.45, 2.75) is 106 Å². The molecule has 14 heteroatoms. The number of nitrogens with zero attached hydrogens (tertiary/aromatic N) is 4. The number of fused-ring (bicyclic) bond motifs is 4. The number of carbonyl (C=O) groups excluding carboxylic acids is 2. The normalized spacial score (nSPS) is 26.4. The van der Waals surface area contributed by atoms with Crippen molar-refractivity contribution in [3.05, 3.63) is 142 Å². The molecule has 1 saturated carbocycles. The number of rotatable bonds is 6. The lowest BCUT2D eigenvalue weighted by molar-refractivity contribution is -0.140. The molecule has 3 aliphatic carbocycles. The summed E-state index contributed by atoms with van der Waals surface area (Å²) in [5.74, 6) is -1.85. The average Bonchev–Trinajstić information content (AvgIpc) is 3.87. The van der Waals surface area contributed by atoms with Gasteiger partial charge in [0.1, 0.15) is 43.1 Å². The number of halogens is 4. The number of thioether (sulfide) groups is 2. The molecular weight excluding hydrogens is 845 g/mol. The molecule has 4 aromatic carbocycles. The van der Waals surface area contributed by atoms with E-state index in [2.05, 4.69) is 27.7 Å². The Bertz CT molecular complexity index is 2440. The van der Waals surface area contributed by atoms with Gasteiger partial charge in [0, 0.05) is 29.5 Å². The minimum Gasteiger partial charge on any atom is -0.328 e. The molecule has 3 atom stereocenters.